The summed E-state index contributed by atoms with van der Waals surface area (Å²) in [5, 5.41) is 15.9. The quantitative estimate of drug-likeness (QED) is 0.471. The van der Waals surface area contributed by atoms with Crippen molar-refractivity contribution in [1.82, 2.24) is 0 Å². The van der Waals surface area contributed by atoms with Gasteiger partial charge < -0.3 is 0 Å². The van der Waals surface area contributed by atoms with Gasteiger partial charge in [-0.15, -0.1) is 0 Å². The van der Waals surface area contributed by atoms with Crippen LogP contribution in [0.15, 0.2) is 0 Å². The molecule has 0 saturated carbocycles. The van der Waals surface area contributed by atoms with E-state index in [0.29, 0.717) is 0 Å². The minimum atomic E-state index is -3.14. The Kier molecular flexibility index (Phi) is 1.90. The fraction of sp³-hybridized carbons (Fsp3) is 0. The second-order valence-electron chi connectivity index (χ2n) is 0.691. The van der Waals surface area contributed by atoms with E-state index < -0.39 is 16.0 Å². The van der Waals surface area contributed by atoms with Crippen LogP contribution < -0.4 is 8.73 Å². The van der Waals surface area contributed by atoms with Crippen LogP contribution in [0.1, 0.15) is 0 Å². The molecule has 0 amide bonds. The van der Waals surface area contributed by atoms with Gasteiger partial charge in [-0.05, 0) is 0 Å². The van der Waals surface area contributed by atoms with E-state index in [0.717, 1.165) is 0 Å². The molecule has 0 aliphatic heterocycles. The first-order valence-corrected chi connectivity index (χ1v) is 4.48. The Bertz CT molecular complexity index is 121. The van der Waals surface area contributed by atoms with Crippen molar-refractivity contribution in [2.45, 2.75) is 0 Å². The molecule has 4 nitrogen and oxygen atoms in total. The number of nitriles is 2. The second kappa shape index (κ2) is 2.02. The first-order valence-electron chi connectivity index (χ1n) is 1.13. The average Bonchev–Trinajstić information content (AvgIpc) is 1.68. The summed E-state index contributed by atoms with van der Waals surface area (Å²) in [6.07, 6.45) is 0. The zero-order valence-corrected chi connectivity index (χ0v) is 4.92. The number of nitrogens with zero attached hydrogens (tertiary/aromatic N) is 2. The number of hydrogen-bond donors (Lipinski definition) is 2. The standard InChI is InChI=1S/2CN.2H2N.Pd/c2*1-2;;;/h;;2*1H2;/q;;2*-1;+2. The number of hydrogen-bond acceptors (Lipinski definition) is 4. The maximum atomic E-state index is 7.94. The molecule has 7 heavy (non-hydrogen) atoms. The molecule has 0 aliphatic carbocycles. The van der Waals surface area contributed by atoms with E-state index in [1.54, 1.807) is 0 Å². The SMILES string of the molecule is N#[C][Pd]([NH2])([NH2])[C]#N. The molecule has 4 N–H and O–H groups in total. The summed E-state index contributed by atoms with van der Waals surface area (Å²) in [4.78, 5) is 0. The molecule has 0 fully saturated rings. The Morgan fingerprint density at radius 1 is 1.14 bits per heavy atom. The van der Waals surface area contributed by atoms with Crippen LogP contribution in [-0.2, 0) is 16.0 Å². The number of nitrogens with two attached hydrogens (primary N) is 2. The molecule has 0 atom stereocenters. The van der Waals surface area contributed by atoms with Gasteiger partial charge in [-0.2, -0.15) is 0 Å². The van der Waals surface area contributed by atoms with Crippen molar-refractivity contribution in [3.63, 3.8) is 0 Å². The van der Waals surface area contributed by atoms with Gasteiger partial charge in [-0.25, -0.2) is 0 Å². The van der Waals surface area contributed by atoms with Crippen molar-refractivity contribution in [3.8, 4) is 9.08 Å². The Morgan fingerprint density at radius 2 is 1.43 bits per heavy atom. The van der Waals surface area contributed by atoms with Crippen LogP contribution in [-0.4, -0.2) is 0 Å². The monoisotopic (exact) mass is 190 g/mol. The van der Waals surface area contributed by atoms with Gasteiger partial charge in [0, 0.05) is 0 Å². The molecule has 5 heteroatoms. The fourth-order valence-electron chi connectivity index (χ4n) is 0.0158. The molecular weight excluding hydrogens is 186 g/mol. The van der Waals surface area contributed by atoms with Gasteiger partial charge in [0.1, 0.15) is 0 Å². The molecule has 0 bridgehead atoms. The summed E-state index contributed by atoms with van der Waals surface area (Å²) in [5.41, 5.74) is 0. The topological polar surface area (TPSA) is 99.6 Å². The van der Waals surface area contributed by atoms with Crippen LogP contribution in [0.2, 0.25) is 0 Å². The first kappa shape index (κ1) is 6.56. The van der Waals surface area contributed by atoms with Crippen molar-refractivity contribution >= 4 is 0 Å². The van der Waals surface area contributed by atoms with Crippen molar-refractivity contribution < 1.29 is 16.0 Å². The molecule has 0 heterocycles. The predicted octanol–water partition coefficient (Wildman–Crippen LogP) is -1.15. The van der Waals surface area contributed by atoms with E-state index in [4.69, 9.17) is 19.3 Å². The van der Waals surface area contributed by atoms with E-state index in [1.807, 2.05) is 0 Å². The molecule has 0 spiro atoms. The summed E-state index contributed by atoms with van der Waals surface area (Å²) in [7, 11) is 0. The third-order valence-electron chi connectivity index (χ3n) is 0.234. The first-order chi connectivity index (χ1) is 3.12. The Balaban J connectivity index is 4.00. The molecule has 0 saturated heterocycles. The van der Waals surface area contributed by atoms with Gasteiger partial charge in [0.15, 0.2) is 0 Å². The summed E-state index contributed by atoms with van der Waals surface area (Å²) >= 11 is -3.14. The molecule has 0 radical (unpaired) electrons. The second-order valence-corrected chi connectivity index (χ2v) is 4.09. The third-order valence-corrected chi connectivity index (χ3v) is 1.38. The summed E-state index contributed by atoms with van der Waals surface area (Å²) < 4.78 is 12.9. The van der Waals surface area contributed by atoms with Crippen molar-refractivity contribution in [2.75, 3.05) is 0 Å². The molecule has 0 aromatic carbocycles. The van der Waals surface area contributed by atoms with E-state index in [1.165, 1.54) is 9.08 Å². The summed E-state index contributed by atoms with van der Waals surface area (Å²) in [5.74, 6) is 0. The minimum absolute atomic E-state index is 1.54. The van der Waals surface area contributed by atoms with Crippen LogP contribution >= 0.6 is 0 Å². The Morgan fingerprint density at radius 3 is 1.43 bits per heavy atom. The normalized spacial score (nSPS) is 11.4. The average molecular weight is 191 g/mol. The molecule has 0 aliphatic rings. The van der Waals surface area contributed by atoms with Gasteiger partial charge in [0.25, 0.3) is 0 Å². The third kappa shape index (κ3) is 2.28. The van der Waals surface area contributed by atoms with Crippen LogP contribution in [0.3, 0.4) is 0 Å². The molecule has 0 aromatic rings. The number of rotatable bonds is 0. The Hall–Kier alpha value is -0.438. The van der Waals surface area contributed by atoms with Crippen LogP contribution in [0.25, 0.3) is 0 Å². The summed E-state index contributed by atoms with van der Waals surface area (Å²) in [6.45, 7) is 0. The van der Waals surface area contributed by atoms with Crippen molar-refractivity contribution in [3.05, 3.63) is 0 Å². The van der Waals surface area contributed by atoms with Gasteiger partial charge in [0.2, 0.25) is 0 Å². The van der Waals surface area contributed by atoms with E-state index >= 15 is 0 Å². The van der Waals surface area contributed by atoms with Crippen LogP contribution in [0.5, 0.6) is 0 Å². The van der Waals surface area contributed by atoms with E-state index in [2.05, 4.69) is 0 Å². The molecule has 42 valence electrons. The van der Waals surface area contributed by atoms with E-state index in [-0.39, 0.29) is 0 Å². The predicted molar refractivity (Wildman–Crippen MR) is 19.6 cm³/mol. The zero-order chi connectivity index (χ0) is 5.91. The van der Waals surface area contributed by atoms with Gasteiger partial charge in [0.05, 0.1) is 0 Å². The molecule has 0 rings (SSSR count). The zero-order valence-electron chi connectivity index (χ0n) is 3.37. The molecule has 0 aromatic heterocycles. The molecule has 0 unspecified atom stereocenters. The van der Waals surface area contributed by atoms with Crippen molar-refractivity contribution in [1.29, 1.82) is 10.5 Å². The van der Waals surface area contributed by atoms with Crippen molar-refractivity contribution in [2.24, 2.45) is 8.73 Å². The maximum absolute atomic E-state index is 7.94. The van der Waals surface area contributed by atoms with E-state index in [9.17, 15) is 0 Å². The van der Waals surface area contributed by atoms with Crippen LogP contribution in [0, 0.1) is 19.6 Å². The van der Waals surface area contributed by atoms with Gasteiger partial charge in [-0.1, -0.05) is 0 Å². The van der Waals surface area contributed by atoms with Gasteiger partial charge in [-0.3, -0.25) is 0 Å². The summed E-state index contributed by atoms with van der Waals surface area (Å²) in [6, 6.07) is 0. The van der Waals surface area contributed by atoms with Crippen LogP contribution in [0.4, 0.5) is 0 Å². The fourth-order valence-corrected chi connectivity index (χ4v) is 0.0935. The van der Waals surface area contributed by atoms with Gasteiger partial charge >= 0.3 is 44.4 Å². The Labute approximate surface area is 44.9 Å². The molecular formula is C2H4N4Pd.